The predicted molar refractivity (Wildman–Crippen MR) is 65.3 cm³/mol. The van der Waals surface area contributed by atoms with Gasteiger partial charge in [0, 0.05) is 19.6 Å². The first-order chi connectivity index (χ1) is 8.32. The van der Waals surface area contributed by atoms with Gasteiger partial charge in [-0.2, -0.15) is 0 Å². The number of hydrogen-bond donors (Lipinski definition) is 0. The maximum atomic E-state index is 12.2. The average molecular weight is 255 g/mol. The van der Waals surface area contributed by atoms with Gasteiger partial charge in [0.05, 0.1) is 12.1 Å². The Balaban J connectivity index is 2.14. The van der Waals surface area contributed by atoms with Crippen molar-refractivity contribution in [2.75, 3.05) is 19.8 Å². The summed E-state index contributed by atoms with van der Waals surface area (Å²) in [6.45, 7) is 6.88. The van der Waals surface area contributed by atoms with E-state index in [1.165, 1.54) is 0 Å². The molecule has 2 heterocycles. The van der Waals surface area contributed by atoms with Gasteiger partial charge in [-0.05, 0) is 33.6 Å². The van der Waals surface area contributed by atoms with Gasteiger partial charge < -0.3 is 9.47 Å². The van der Waals surface area contributed by atoms with Crippen LogP contribution in [-0.4, -0.2) is 47.7 Å². The van der Waals surface area contributed by atoms with E-state index in [-0.39, 0.29) is 24.0 Å². The topological polar surface area (TPSA) is 55.8 Å². The van der Waals surface area contributed by atoms with E-state index in [1.54, 1.807) is 4.90 Å². The molecule has 2 fully saturated rings. The molecule has 5 heteroatoms. The largest absolute Gasteiger partial charge is 0.444 e. The van der Waals surface area contributed by atoms with E-state index in [0.29, 0.717) is 19.6 Å². The number of ketones is 1. The minimum absolute atomic E-state index is 0.114. The third kappa shape index (κ3) is 2.66. The second-order valence-corrected chi connectivity index (χ2v) is 6.12. The van der Waals surface area contributed by atoms with E-state index >= 15 is 0 Å². The van der Waals surface area contributed by atoms with Gasteiger partial charge in [0.25, 0.3) is 0 Å². The van der Waals surface area contributed by atoms with Gasteiger partial charge in [-0.1, -0.05) is 0 Å². The van der Waals surface area contributed by atoms with Crippen LogP contribution in [0.1, 0.15) is 40.0 Å². The second kappa shape index (κ2) is 4.53. The molecule has 1 amide bonds. The Hall–Kier alpha value is -1.10. The molecular formula is C13H21NO4. The minimum atomic E-state index is -0.533. The summed E-state index contributed by atoms with van der Waals surface area (Å²) in [6, 6.07) is 0. The number of likely N-dealkylation sites (tertiary alicyclic amines) is 1. The summed E-state index contributed by atoms with van der Waals surface area (Å²) in [5.41, 5.74) is -0.896. The fraction of sp³-hybridized carbons (Fsp3) is 0.846. The molecule has 0 unspecified atom stereocenters. The van der Waals surface area contributed by atoms with Crippen LogP contribution in [0.25, 0.3) is 0 Å². The number of rotatable bonds is 0. The summed E-state index contributed by atoms with van der Waals surface area (Å²) in [5, 5.41) is 0. The summed E-state index contributed by atoms with van der Waals surface area (Å²) in [7, 11) is 0. The molecule has 2 aliphatic heterocycles. The lowest BCUT2D eigenvalue weighted by Crippen LogP contribution is -2.51. The first kappa shape index (κ1) is 13.3. The SMILES string of the molecule is CC(C)(C)OC(=O)N1CC(=O)CC12CCOCC2. The van der Waals surface area contributed by atoms with Crippen molar-refractivity contribution in [3.63, 3.8) is 0 Å². The summed E-state index contributed by atoms with van der Waals surface area (Å²) < 4.78 is 10.7. The molecule has 1 spiro atoms. The fourth-order valence-corrected chi connectivity index (χ4v) is 2.64. The van der Waals surface area contributed by atoms with Crippen LogP contribution in [-0.2, 0) is 14.3 Å². The Labute approximate surface area is 107 Å². The fourth-order valence-electron chi connectivity index (χ4n) is 2.64. The lowest BCUT2D eigenvalue weighted by molar-refractivity contribution is -0.117. The van der Waals surface area contributed by atoms with E-state index in [9.17, 15) is 9.59 Å². The van der Waals surface area contributed by atoms with Crippen LogP contribution >= 0.6 is 0 Å². The summed E-state index contributed by atoms with van der Waals surface area (Å²) >= 11 is 0. The van der Waals surface area contributed by atoms with Crippen LogP contribution in [0.4, 0.5) is 4.79 Å². The minimum Gasteiger partial charge on any atom is -0.444 e. The zero-order chi connectivity index (χ0) is 13.4. The Morgan fingerprint density at radius 1 is 1.33 bits per heavy atom. The molecular weight excluding hydrogens is 234 g/mol. The predicted octanol–water partition coefficient (Wildman–Crippen LogP) is 1.75. The molecule has 0 aliphatic carbocycles. The van der Waals surface area contributed by atoms with Gasteiger partial charge in [-0.25, -0.2) is 4.79 Å². The third-order valence-electron chi connectivity index (χ3n) is 3.47. The molecule has 0 aromatic heterocycles. The molecule has 2 rings (SSSR count). The number of Topliss-reactive ketones (excluding diaryl/α,β-unsaturated/α-hetero) is 1. The molecule has 5 nitrogen and oxygen atoms in total. The normalized spacial score (nSPS) is 23.5. The smallest absolute Gasteiger partial charge is 0.411 e. The van der Waals surface area contributed by atoms with Crippen LogP contribution < -0.4 is 0 Å². The zero-order valence-electron chi connectivity index (χ0n) is 11.3. The highest BCUT2D eigenvalue weighted by atomic mass is 16.6. The van der Waals surface area contributed by atoms with E-state index < -0.39 is 5.60 Å². The van der Waals surface area contributed by atoms with Crippen LogP contribution in [0, 0.1) is 0 Å². The lowest BCUT2D eigenvalue weighted by atomic mass is 9.87. The van der Waals surface area contributed by atoms with Gasteiger partial charge in [0.2, 0.25) is 0 Å². The Morgan fingerprint density at radius 2 is 1.94 bits per heavy atom. The molecule has 0 saturated carbocycles. The molecule has 0 bridgehead atoms. The maximum absolute atomic E-state index is 12.2. The standard InChI is InChI=1S/C13H21NO4/c1-12(2,3)18-11(16)14-9-10(15)8-13(14)4-6-17-7-5-13/h4-9H2,1-3H3. The maximum Gasteiger partial charge on any atom is 0.411 e. The highest BCUT2D eigenvalue weighted by Gasteiger charge is 2.49. The van der Waals surface area contributed by atoms with Crippen molar-refractivity contribution in [3.8, 4) is 0 Å². The molecule has 0 aromatic rings. The van der Waals surface area contributed by atoms with Crippen molar-refractivity contribution in [2.24, 2.45) is 0 Å². The number of carbonyl (C=O) groups is 2. The molecule has 102 valence electrons. The van der Waals surface area contributed by atoms with E-state index in [2.05, 4.69) is 0 Å². The first-order valence-electron chi connectivity index (χ1n) is 6.43. The molecule has 0 radical (unpaired) electrons. The van der Waals surface area contributed by atoms with E-state index in [1.807, 2.05) is 20.8 Å². The average Bonchev–Trinajstić information content (AvgIpc) is 2.54. The molecule has 0 aromatic carbocycles. The van der Waals surface area contributed by atoms with Gasteiger partial charge in [-0.15, -0.1) is 0 Å². The Kier molecular flexibility index (Phi) is 3.36. The zero-order valence-corrected chi connectivity index (χ0v) is 11.3. The highest BCUT2D eigenvalue weighted by Crippen LogP contribution is 2.37. The molecule has 0 N–H and O–H groups in total. The van der Waals surface area contributed by atoms with Crippen LogP contribution in [0.3, 0.4) is 0 Å². The summed E-state index contributed by atoms with van der Waals surface area (Å²) in [5.74, 6) is 0.114. The number of amides is 1. The quantitative estimate of drug-likeness (QED) is 0.661. The molecule has 18 heavy (non-hydrogen) atoms. The second-order valence-electron chi connectivity index (χ2n) is 6.12. The van der Waals surface area contributed by atoms with Gasteiger partial charge >= 0.3 is 6.09 Å². The number of ether oxygens (including phenoxy) is 2. The molecule has 0 atom stereocenters. The van der Waals surface area contributed by atoms with Gasteiger partial charge in [0.1, 0.15) is 5.60 Å². The van der Waals surface area contributed by atoms with E-state index in [4.69, 9.17) is 9.47 Å². The number of carbonyl (C=O) groups excluding carboxylic acids is 2. The van der Waals surface area contributed by atoms with Crippen molar-refractivity contribution in [2.45, 2.75) is 51.2 Å². The van der Waals surface area contributed by atoms with Crippen LogP contribution in [0.5, 0.6) is 0 Å². The van der Waals surface area contributed by atoms with Gasteiger partial charge in [-0.3, -0.25) is 9.69 Å². The molecule has 2 saturated heterocycles. The van der Waals surface area contributed by atoms with Crippen molar-refractivity contribution >= 4 is 11.9 Å². The van der Waals surface area contributed by atoms with Crippen molar-refractivity contribution in [1.82, 2.24) is 4.90 Å². The Morgan fingerprint density at radius 3 is 2.50 bits per heavy atom. The summed E-state index contributed by atoms with van der Waals surface area (Å²) in [6.07, 6.45) is 1.50. The monoisotopic (exact) mass is 255 g/mol. The number of nitrogens with zero attached hydrogens (tertiary/aromatic N) is 1. The van der Waals surface area contributed by atoms with Gasteiger partial charge in [0.15, 0.2) is 5.78 Å². The highest BCUT2D eigenvalue weighted by molar-refractivity contribution is 5.89. The first-order valence-corrected chi connectivity index (χ1v) is 6.43. The lowest BCUT2D eigenvalue weighted by Gasteiger charge is -2.40. The van der Waals surface area contributed by atoms with Crippen molar-refractivity contribution in [3.05, 3.63) is 0 Å². The molecule has 2 aliphatic rings. The van der Waals surface area contributed by atoms with E-state index in [0.717, 1.165) is 12.8 Å². The van der Waals surface area contributed by atoms with Crippen molar-refractivity contribution < 1.29 is 19.1 Å². The summed E-state index contributed by atoms with van der Waals surface area (Å²) in [4.78, 5) is 25.5. The third-order valence-corrected chi connectivity index (χ3v) is 3.47. The Bertz CT molecular complexity index is 352. The van der Waals surface area contributed by atoms with Crippen LogP contribution in [0.2, 0.25) is 0 Å². The van der Waals surface area contributed by atoms with Crippen molar-refractivity contribution in [1.29, 1.82) is 0 Å². The number of hydrogen-bond acceptors (Lipinski definition) is 4. The van der Waals surface area contributed by atoms with Crippen LogP contribution in [0.15, 0.2) is 0 Å².